The molecule has 0 aromatic heterocycles. The first-order chi connectivity index (χ1) is 13.9. The molecule has 0 atom stereocenters. The summed E-state index contributed by atoms with van der Waals surface area (Å²) in [7, 11) is -1.57. The van der Waals surface area contributed by atoms with Crippen LogP contribution in [-0.2, 0) is 21.4 Å². The third-order valence-corrected chi connectivity index (χ3v) is 7.20. The van der Waals surface area contributed by atoms with Crippen LogP contribution in [0.25, 0.3) is 0 Å². The Hall–Kier alpha value is -1.93. The summed E-state index contributed by atoms with van der Waals surface area (Å²) in [6.45, 7) is 2.31. The number of hydrogen-bond acceptors (Lipinski definition) is 4. The molecule has 0 radical (unpaired) electrons. The summed E-state index contributed by atoms with van der Waals surface area (Å²) in [5, 5.41) is 3.51. The zero-order valence-corrected chi connectivity index (χ0v) is 18.0. The molecule has 1 saturated heterocycles. The SMILES string of the molecule is CN(CCC(=O)Nc1cccc(S(=O)(=O)N2CCCC2)c1)Cc1ccccc1Cl. The van der Waals surface area contributed by atoms with Crippen LogP contribution in [0.4, 0.5) is 5.69 Å². The van der Waals surface area contributed by atoms with Gasteiger partial charge in [0.2, 0.25) is 15.9 Å². The van der Waals surface area contributed by atoms with Crippen LogP contribution in [0.2, 0.25) is 5.02 Å². The van der Waals surface area contributed by atoms with E-state index >= 15 is 0 Å². The Kier molecular flexibility index (Phi) is 7.29. The van der Waals surface area contributed by atoms with Crippen molar-refractivity contribution in [3.63, 3.8) is 0 Å². The highest BCUT2D eigenvalue weighted by Crippen LogP contribution is 2.23. The highest BCUT2D eigenvalue weighted by atomic mass is 35.5. The molecule has 0 spiro atoms. The molecule has 0 saturated carbocycles. The fourth-order valence-corrected chi connectivity index (χ4v) is 5.08. The van der Waals surface area contributed by atoms with Gasteiger partial charge in [0.15, 0.2) is 0 Å². The monoisotopic (exact) mass is 435 g/mol. The second-order valence-electron chi connectivity index (χ2n) is 7.27. The molecule has 1 N–H and O–H groups in total. The van der Waals surface area contributed by atoms with Gasteiger partial charge in [-0.3, -0.25) is 4.79 Å². The van der Waals surface area contributed by atoms with Crippen LogP contribution in [0, 0.1) is 0 Å². The van der Waals surface area contributed by atoms with Crippen LogP contribution < -0.4 is 5.32 Å². The molecule has 0 bridgehead atoms. The van der Waals surface area contributed by atoms with Crippen molar-refractivity contribution < 1.29 is 13.2 Å². The molecule has 1 heterocycles. The highest BCUT2D eigenvalue weighted by molar-refractivity contribution is 7.89. The van der Waals surface area contributed by atoms with E-state index in [1.54, 1.807) is 18.2 Å². The molecule has 6 nitrogen and oxygen atoms in total. The first-order valence-corrected chi connectivity index (χ1v) is 11.5. The number of halogens is 1. The predicted molar refractivity (Wildman–Crippen MR) is 115 cm³/mol. The van der Waals surface area contributed by atoms with Gasteiger partial charge >= 0.3 is 0 Å². The molecular weight excluding hydrogens is 410 g/mol. The Morgan fingerprint density at radius 1 is 1.14 bits per heavy atom. The van der Waals surface area contributed by atoms with E-state index in [-0.39, 0.29) is 10.8 Å². The van der Waals surface area contributed by atoms with E-state index in [2.05, 4.69) is 5.32 Å². The topological polar surface area (TPSA) is 69.7 Å². The maximum absolute atomic E-state index is 12.7. The molecule has 0 unspecified atom stereocenters. The summed E-state index contributed by atoms with van der Waals surface area (Å²) >= 11 is 6.18. The van der Waals surface area contributed by atoms with Crippen LogP contribution >= 0.6 is 11.6 Å². The average Bonchev–Trinajstić information content (AvgIpc) is 3.24. The second-order valence-corrected chi connectivity index (χ2v) is 9.61. The predicted octanol–water partition coefficient (Wildman–Crippen LogP) is 3.59. The van der Waals surface area contributed by atoms with Gasteiger partial charge in [-0.2, -0.15) is 4.31 Å². The molecule has 2 aromatic carbocycles. The van der Waals surface area contributed by atoms with E-state index in [0.717, 1.165) is 18.4 Å². The Morgan fingerprint density at radius 3 is 2.59 bits per heavy atom. The lowest BCUT2D eigenvalue weighted by molar-refractivity contribution is -0.116. The molecule has 1 aliphatic heterocycles. The number of nitrogens with one attached hydrogen (secondary N) is 1. The van der Waals surface area contributed by atoms with Crippen LogP contribution in [0.5, 0.6) is 0 Å². The number of anilines is 1. The van der Waals surface area contributed by atoms with Crippen molar-refractivity contribution in [1.82, 2.24) is 9.21 Å². The minimum atomic E-state index is -3.50. The number of hydrogen-bond donors (Lipinski definition) is 1. The molecule has 3 rings (SSSR count). The normalized spacial score (nSPS) is 15.0. The van der Waals surface area contributed by atoms with Gasteiger partial charge < -0.3 is 10.2 Å². The first-order valence-electron chi connectivity index (χ1n) is 9.68. The second kappa shape index (κ2) is 9.71. The highest BCUT2D eigenvalue weighted by Gasteiger charge is 2.27. The van der Waals surface area contributed by atoms with Gasteiger partial charge in [0.1, 0.15) is 0 Å². The van der Waals surface area contributed by atoms with Crippen LogP contribution in [-0.4, -0.2) is 50.2 Å². The maximum atomic E-state index is 12.7. The van der Waals surface area contributed by atoms with Crippen molar-refractivity contribution >= 4 is 33.2 Å². The van der Waals surface area contributed by atoms with E-state index in [4.69, 9.17) is 11.6 Å². The molecule has 1 aliphatic rings. The van der Waals surface area contributed by atoms with Crippen molar-refractivity contribution in [2.45, 2.75) is 30.7 Å². The lowest BCUT2D eigenvalue weighted by Gasteiger charge is -2.18. The number of carbonyl (C=O) groups excluding carboxylic acids is 1. The van der Waals surface area contributed by atoms with Crippen molar-refractivity contribution in [1.29, 1.82) is 0 Å². The zero-order chi connectivity index (χ0) is 20.9. The number of carbonyl (C=O) groups is 1. The number of amides is 1. The summed E-state index contributed by atoms with van der Waals surface area (Å²) in [6.07, 6.45) is 2.07. The lowest BCUT2D eigenvalue weighted by Crippen LogP contribution is -2.28. The number of nitrogens with zero attached hydrogens (tertiary/aromatic N) is 2. The minimum absolute atomic E-state index is 0.160. The first kappa shape index (κ1) is 21.8. The Labute approximate surface area is 177 Å². The lowest BCUT2D eigenvalue weighted by atomic mass is 10.2. The average molecular weight is 436 g/mol. The van der Waals surface area contributed by atoms with E-state index in [9.17, 15) is 13.2 Å². The van der Waals surface area contributed by atoms with Crippen molar-refractivity contribution in [2.24, 2.45) is 0 Å². The van der Waals surface area contributed by atoms with Crippen molar-refractivity contribution in [3.8, 4) is 0 Å². The Morgan fingerprint density at radius 2 is 1.86 bits per heavy atom. The maximum Gasteiger partial charge on any atom is 0.243 e. The van der Waals surface area contributed by atoms with E-state index < -0.39 is 10.0 Å². The largest absolute Gasteiger partial charge is 0.326 e. The molecule has 1 fully saturated rings. The molecule has 29 heavy (non-hydrogen) atoms. The molecule has 156 valence electrons. The number of rotatable bonds is 8. The summed E-state index contributed by atoms with van der Waals surface area (Å²) in [4.78, 5) is 14.6. The van der Waals surface area contributed by atoms with Gasteiger partial charge in [-0.1, -0.05) is 35.9 Å². The molecule has 1 amide bonds. The standard InChI is InChI=1S/C21H26ClN3O3S/c1-24(16-17-7-2-3-10-20(17)22)14-11-21(26)23-18-8-6-9-19(15-18)29(27,28)25-12-4-5-13-25/h2-3,6-10,15H,4-5,11-14,16H2,1H3,(H,23,26). The van der Waals surface area contributed by atoms with Gasteiger partial charge in [0.05, 0.1) is 4.90 Å². The fraction of sp³-hybridized carbons (Fsp3) is 0.381. The van der Waals surface area contributed by atoms with Crippen molar-refractivity contribution in [3.05, 3.63) is 59.1 Å². The minimum Gasteiger partial charge on any atom is -0.326 e. The van der Waals surface area contributed by atoms with Crippen LogP contribution in [0.3, 0.4) is 0 Å². The quantitative estimate of drug-likeness (QED) is 0.688. The third kappa shape index (κ3) is 5.79. The summed E-state index contributed by atoms with van der Waals surface area (Å²) < 4.78 is 26.9. The van der Waals surface area contributed by atoms with Crippen LogP contribution in [0.1, 0.15) is 24.8 Å². The van der Waals surface area contributed by atoms with Gasteiger partial charge in [-0.05, 0) is 49.7 Å². The number of sulfonamides is 1. The van der Waals surface area contributed by atoms with E-state index in [1.165, 1.54) is 10.4 Å². The third-order valence-electron chi connectivity index (χ3n) is 4.94. The van der Waals surface area contributed by atoms with Gasteiger partial charge in [0, 0.05) is 43.3 Å². The molecular formula is C21H26ClN3O3S. The van der Waals surface area contributed by atoms with Gasteiger partial charge in [-0.15, -0.1) is 0 Å². The Bertz CT molecular complexity index is 959. The zero-order valence-electron chi connectivity index (χ0n) is 16.5. The summed E-state index contributed by atoms with van der Waals surface area (Å²) in [6, 6.07) is 14.1. The summed E-state index contributed by atoms with van der Waals surface area (Å²) in [5.41, 5.74) is 1.50. The Balaban J connectivity index is 1.55. The van der Waals surface area contributed by atoms with Gasteiger partial charge in [0.25, 0.3) is 0 Å². The van der Waals surface area contributed by atoms with Crippen LogP contribution in [0.15, 0.2) is 53.4 Å². The van der Waals surface area contributed by atoms with E-state index in [1.807, 2.05) is 36.2 Å². The molecule has 0 aliphatic carbocycles. The fourth-order valence-electron chi connectivity index (χ4n) is 3.32. The van der Waals surface area contributed by atoms with E-state index in [0.29, 0.717) is 43.3 Å². The smallest absolute Gasteiger partial charge is 0.243 e. The molecule has 2 aromatic rings. The molecule has 8 heteroatoms. The number of benzene rings is 2. The summed E-state index contributed by atoms with van der Waals surface area (Å²) in [5.74, 6) is -0.160. The van der Waals surface area contributed by atoms with Gasteiger partial charge in [-0.25, -0.2) is 8.42 Å². The van der Waals surface area contributed by atoms with Crippen molar-refractivity contribution in [2.75, 3.05) is 32.0 Å².